The van der Waals surface area contributed by atoms with Gasteiger partial charge in [0, 0.05) is 0 Å². The summed E-state index contributed by atoms with van der Waals surface area (Å²) in [5.74, 6) is 0. The Morgan fingerprint density at radius 3 is 1.50 bits per heavy atom. The van der Waals surface area contributed by atoms with E-state index in [-0.39, 0.29) is 33.5 Å². The zero-order valence-electron chi connectivity index (χ0n) is 12.1. The largest absolute Gasteiger partial charge is 0.397 e. The number of nitrogens with one attached hydrogen (secondary N) is 1. The average molecular weight is 309 g/mol. The van der Waals surface area contributed by atoms with Gasteiger partial charge in [0.25, 0.3) is 0 Å². The Hall–Kier alpha value is -4.51. The van der Waals surface area contributed by atoms with Gasteiger partial charge in [-0.2, -0.15) is 26.3 Å². The fourth-order valence-electron chi connectivity index (χ4n) is 2.18. The van der Waals surface area contributed by atoms with Crippen LogP contribution in [-0.4, -0.2) is 0 Å². The van der Waals surface area contributed by atoms with E-state index in [1.54, 1.807) is 42.5 Å². The van der Waals surface area contributed by atoms with Crippen LogP contribution in [0.5, 0.6) is 0 Å². The predicted octanol–water partition coefficient (Wildman–Crippen LogP) is 2.37. The van der Waals surface area contributed by atoms with Crippen molar-refractivity contribution in [3.05, 3.63) is 52.1 Å². The van der Waals surface area contributed by atoms with Crippen LogP contribution in [0.25, 0.3) is 0 Å². The Labute approximate surface area is 137 Å². The van der Waals surface area contributed by atoms with Gasteiger partial charge in [0.2, 0.25) is 0 Å². The topological polar surface area (TPSA) is 157 Å². The zero-order chi connectivity index (χ0) is 17.7. The monoisotopic (exact) mass is 309 g/mol. The van der Waals surface area contributed by atoms with Crippen LogP contribution in [0.2, 0.25) is 0 Å². The van der Waals surface area contributed by atoms with E-state index < -0.39 is 0 Å². The molecule has 0 fully saturated rings. The lowest BCUT2D eigenvalue weighted by Gasteiger charge is -2.15. The third-order valence-corrected chi connectivity index (χ3v) is 3.28. The molecule has 0 spiro atoms. The maximum atomic E-state index is 9.41. The lowest BCUT2D eigenvalue weighted by atomic mass is 9.91. The second kappa shape index (κ2) is 6.50. The number of benzene rings is 2. The van der Waals surface area contributed by atoms with E-state index in [2.05, 4.69) is 5.32 Å². The maximum Gasteiger partial charge on any atom is 0.103 e. The third-order valence-electron chi connectivity index (χ3n) is 3.28. The van der Waals surface area contributed by atoms with Crippen LogP contribution in [0.3, 0.4) is 0 Å². The molecule has 0 aliphatic carbocycles. The van der Waals surface area contributed by atoms with Gasteiger partial charge in [-0.25, -0.2) is 0 Å². The summed E-state index contributed by atoms with van der Waals surface area (Å²) in [4.78, 5) is 0. The molecule has 24 heavy (non-hydrogen) atoms. The van der Waals surface area contributed by atoms with Crippen LogP contribution in [0.4, 0.5) is 17.1 Å². The summed E-state index contributed by atoms with van der Waals surface area (Å²) in [7, 11) is 0. The van der Waals surface area contributed by atoms with E-state index in [9.17, 15) is 26.3 Å². The average Bonchev–Trinajstić information content (AvgIpc) is 2.61. The Morgan fingerprint density at radius 2 is 1.08 bits per heavy atom. The molecule has 0 amide bonds. The van der Waals surface area contributed by atoms with Crippen LogP contribution >= 0.6 is 0 Å². The minimum Gasteiger partial charge on any atom is -0.397 e. The summed E-state index contributed by atoms with van der Waals surface area (Å²) < 4.78 is 0. The number of nitrogens with zero attached hydrogens (tertiary/aromatic N) is 5. The molecule has 3 N–H and O–H groups in total. The van der Waals surface area contributed by atoms with Gasteiger partial charge in [-0.15, -0.1) is 0 Å². The highest BCUT2D eigenvalue weighted by Crippen LogP contribution is 2.34. The molecule has 110 valence electrons. The molecule has 0 aliphatic heterocycles. The number of nitrogens with two attached hydrogens (primary N) is 1. The molecular weight excluding hydrogens is 302 g/mol. The minimum atomic E-state index is -0.292. The van der Waals surface area contributed by atoms with Gasteiger partial charge in [-0.1, -0.05) is 12.1 Å². The van der Waals surface area contributed by atoms with Crippen LogP contribution in [0, 0.1) is 56.7 Å². The molecule has 0 saturated heterocycles. The van der Waals surface area contributed by atoms with Crippen molar-refractivity contribution >= 4 is 17.1 Å². The van der Waals surface area contributed by atoms with E-state index in [4.69, 9.17) is 5.73 Å². The number of hydrogen-bond donors (Lipinski definition) is 2. The molecule has 7 nitrogen and oxygen atoms in total. The first kappa shape index (κ1) is 15.9. The normalized spacial score (nSPS) is 8.79. The molecule has 0 bridgehead atoms. The summed E-state index contributed by atoms with van der Waals surface area (Å²) in [5, 5.41) is 49.4. The van der Waals surface area contributed by atoms with Crippen molar-refractivity contribution in [2.24, 2.45) is 0 Å². The van der Waals surface area contributed by atoms with Crippen LogP contribution < -0.4 is 11.1 Å². The van der Waals surface area contributed by atoms with Gasteiger partial charge >= 0.3 is 0 Å². The standard InChI is InChI=1S/C17H7N7/c18-5-10-11(6-19)13(8-21)17(14(9-22)12(10)7-20)24-16-4-2-1-3-15(16)23/h1-4,24H,23H2. The Kier molecular flexibility index (Phi) is 4.30. The van der Waals surface area contributed by atoms with Crippen molar-refractivity contribution in [3.8, 4) is 30.3 Å². The van der Waals surface area contributed by atoms with Gasteiger partial charge in [0.1, 0.15) is 30.3 Å². The quantitative estimate of drug-likeness (QED) is 0.806. The second-order valence-corrected chi connectivity index (χ2v) is 4.52. The van der Waals surface area contributed by atoms with E-state index in [0.717, 1.165) is 0 Å². The summed E-state index contributed by atoms with van der Waals surface area (Å²) in [6.07, 6.45) is 0. The van der Waals surface area contributed by atoms with Gasteiger partial charge in [0.05, 0.1) is 44.9 Å². The molecule has 0 heterocycles. The predicted molar refractivity (Wildman–Crippen MR) is 84.2 cm³/mol. The van der Waals surface area contributed by atoms with E-state index in [1.807, 2.05) is 12.1 Å². The van der Waals surface area contributed by atoms with Gasteiger partial charge in [-0.3, -0.25) is 0 Å². The van der Waals surface area contributed by atoms with Crippen molar-refractivity contribution in [1.29, 1.82) is 26.3 Å². The van der Waals surface area contributed by atoms with Crippen molar-refractivity contribution in [1.82, 2.24) is 0 Å². The molecule has 0 saturated carbocycles. The first-order valence-electron chi connectivity index (χ1n) is 6.48. The smallest absolute Gasteiger partial charge is 0.103 e. The summed E-state index contributed by atoms with van der Waals surface area (Å²) in [5.41, 5.74) is 5.39. The summed E-state index contributed by atoms with van der Waals surface area (Å²) in [6.45, 7) is 0. The van der Waals surface area contributed by atoms with E-state index >= 15 is 0 Å². The minimum absolute atomic E-state index is 0.0231. The van der Waals surface area contributed by atoms with Crippen molar-refractivity contribution in [2.45, 2.75) is 0 Å². The number of anilines is 3. The zero-order valence-corrected chi connectivity index (χ0v) is 12.1. The highest BCUT2D eigenvalue weighted by molar-refractivity contribution is 5.85. The lowest BCUT2D eigenvalue weighted by molar-refractivity contribution is 1.33. The van der Waals surface area contributed by atoms with Crippen molar-refractivity contribution in [3.63, 3.8) is 0 Å². The first-order valence-corrected chi connectivity index (χ1v) is 6.48. The van der Waals surface area contributed by atoms with Crippen molar-refractivity contribution < 1.29 is 0 Å². The molecule has 0 aliphatic rings. The molecule has 2 aromatic carbocycles. The van der Waals surface area contributed by atoms with Crippen molar-refractivity contribution in [2.75, 3.05) is 11.1 Å². The number of para-hydroxylation sites is 2. The molecular formula is C17H7N7. The van der Waals surface area contributed by atoms with Crippen LogP contribution in [0.15, 0.2) is 24.3 Å². The molecule has 0 radical (unpaired) electrons. The lowest BCUT2D eigenvalue weighted by Crippen LogP contribution is -2.07. The third kappa shape index (κ3) is 2.40. The Morgan fingerprint density at radius 1 is 0.667 bits per heavy atom. The number of hydrogen-bond acceptors (Lipinski definition) is 7. The SMILES string of the molecule is N#Cc1c(C#N)c(C#N)c(Nc2ccccc2N)c(C#N)c1C#N. The molecule has 0 unspecified atom stereocenters. The van der Waals surface area contributed by atoms with Gasteiger partial charge < -0.3 is 11.1 Å². The molecule has 2 aromatic rings. The van der Waals surface area contributed by atoms with E-state index in [0.29, 0.717) is 11.4 Å². The molecule has 0 aromatic heterocycles. The fraction of sp³-hybridized carbons (Fsp3) is 0. The summed E-state index contributed by atoms with van der Waals surface area (Å²) >= 11 is 0. The molecule has 7 heteroatoms. The van der Waals surface area contributed by atoms with Gasteiger partial charge in [0.15, 0.2) is 0 Å². The Balaban J connectivity index is 2.91. The Bertz CT molecular complexity index is 994. The highest BCUT2D eigenvalue weighted by atomic mass is 14.9. The van der Waals surface area contributed by atoms with E-state index in [1.165, 1.54) is 0 Å². The van der Waals surface area contributed by atoms with Crippen LogP contribution in [0.1, 0.15) is 27.8 Å². The number of rotatable bonds is 2. The fourth-order valence-corrected chi connectivity index (χ4v) is 2.18. The molecule has 0 atom stereocenters. The number of nitriles is 5. The highest BCUT2D eigenvalue weighted by Gasteiger charge is 2.24. The summed E-state index contributed by atoms with van der Waals surface area (Å²) in [6, 6.07) is 15.5. The second-order valence-electron chi connectivity index (χ2n) is 4.52. The van der Waals surface area contributed by atoms with Crippen LogP contribution in [-0.2, 0) is 0 Å². The first-order chi connectivity index (χ1) is 11.6. The van der Waals surface area contributed by atoms with Gasteiger partial charge in [-0.05, 0) is 12.1 Å². The maximum absolute atomic E-state index is 9.41. The number of nitrogen functional groups attached to an aromatic ring is 1. The molecule has 2 rings (SSSR count).